The number of fused-ring (bicyclic) bond motifs is 1. The van der Waals surface area contributed by atoms with Gasteiger partial charge in [0.25, 0.3) is 0 Å². The second-order valence-electron chi connectivity index (χ2n) is 5.42. The summed E-state index contributed by atoms with van der Waals surface area (Å²) in [5, 5.41) is 3.64. The molecule has 1 aliphatic heterocycles. The molecular formula is C16H25NO2. The van der Waals surface area contributed by atoms with Crippen LogP contribution in [0, 0.1) is 0 Å². The molecule has 1 aliphatic rings. The van der Waals surface area contributed by atoms with E-state index in [1.807, 2.05) is 6.07 Å². The average molecular weight is 263 g/mol. The maximum absolute atomic E-state index is 5.67. The van der Waals surface area contributed by atoms with Crippen molar-refractivity contribution in [1.82, 2.24) is 5.32 Å². The molecule has 0 radical (unpaired) electrons. The minimum atomic E-state index is 0.399. The first kappa shape index (κ1) is 14.2. The minimum Gasteiger partial charge on any atom is -0.486 e. The lowest BCUT2D eigenvalue weighted by atomic mass is 9.99. The zero-order valence-corrected chi connectivity index (χ0v) is 12.2. The Morgan fingerprint density at radius 3 is 2.58 bits per heavy atom. The third kappa shape index (κ3) is 3.87. The Balaban J connectivity index is 2.15. The molecule has 0 saturated carbocycles. The molecule has 1 heterocycles. The largest absolute Gasteiger partial charge is 0.486 e. The minimum absolute atomic E-state index is 0.399. The van der Waals surface area contributed by atoms with Gasteiger partial charge >= 0.3 is 0 Å². The van der Waals surface area contributed by atoms with Crippen LogP contribution in [-0.2, 0) is 0 Å². The zero-order valence-electron chi connectivity index (χ0n) is 12.2. The van der Waals surface area contributed by atoms with E-state index in [0.29, 0.717) is 25.3 Å². The van der Waals surface area contributed by atoms with Gasteiger partial charge in [-0.2, -0.15) is 0 Å². The standard InChI is InChI=1S/C16H25NO2/c1-4-5-6-14(17-12(2)3)13-7-8-15-16(11-13)19-10-9-18-15/h7-8,11-12,14,17H,4-6,9-10H2,1-3H3. The number of benzene rings is 1. The van der Waals surface area contributed by atoms with Crippen molar-refractivity contribution in [1.29, 1.82) is 0 Å². The number of rotatable bonds is 6. The fraction of sp³-hybridized carbons (Fsp3) is 0.625. The molecule has 1 atom stereocenters. The van der Waals surface area contributed by atoms with E-state index in [-0.39, 0.29) is 0 Å². The Morgan fingerprint density at radius 1 is 1.16 bits per heavy atom. The van der Waals surface area contributed by atoms with Crippen LogP contribution in [0.25, 0.3) is 0 Å². The summed E-state index contributed by atoms with van der Waals surface area (Å²) in [5.41, 5.74) is 1.30. The van der Waals surface area contributed by atoms with Crippen LogP contribution in [0.15, 0.2) is 18.2 Å². The van der Waals surface area contributed by atoms with Crippen molar-refractivity contribution in [2.24, 2.45) is 0 Å². The summed E-state index contributed by atoms with van der Waals surface area (Å²) in [6.45, 7) is 7.91. The molecule has 1 unspecified atom stereocenters. The van der Waals surface area contributed by atoms with Gasteiger partial charge in [0.15, 0.2) is 11.5 Å². The molecule has 1 aromatic carbocycles. The SMILES string of the molecule is CCCCC(NC(C)C)c1ccc2c(c1)OCCO2. The molecule has 0 amide bonds. The summed E-state index contributed by atoms with van der Waals surface area (Å²) < 4.78 is 11.2. The van der Waals surface area contributed by atoms with E-state index >= 15 is 0 Å². The lowest BCUT2D eigenvalue weighted by Gasteiger charge is -2.24. The van der Waals surface area contributed by atoms with Crippen LogP contribution < -0.4 is 14.8 Å². The van der Waals surface area contributed by atoms with Crippen molar-refractivity contribution in [3.63, 3.8) is 0 Å². The molecular weight excluding hydrogens is 238 g/mol. The van der Waals surface area contributed by atoms with Gasteiger partial charge in [0.2, 0.25) is 0 Å². The molecule has 0 fully saturated rings. The van der Waals surface area contributed by atoms with Crippen LogP contribution in [-0.4, -0.2) is 19.3 Å². The van der Waals surface area contributed by atoms with Crippen molar-refractivity contribution >= 4 is 0 Å². The number of unbranched alkanes of at least 4 members (excludes halogenated alkanes) is 1. The average Bonchev–Trinajstić information content (AvgIpc) is 2.42. The second-order valence-corrected chi connectivity index (χ2v) is 5.42. The van der Waals surface area contributed by atoms with Gasteiger partial charge in [-0.1, -0.05) is 39.7 Å². The number of ether oxygens (including phenoxy) is 2. The van der Waals surface area contributed by atoms with Gasteiger partial charge in [-0.3, -0.25) is 0 Å². The van der Waals surface area contributed by atoms with Crippen molar-refractivity contribution in [3.05, 3.63) is 23.8 Å². The van der Waals surface area contributed by atoms with Crippen LogP contribution in [0.4, 0.5) is 0 Å². The Morgan fingerprint density at radius 2 is 1.89 bits per heavy atom. The van der Waals surface area contributed by atoms with Crippen LogP contribution >= 0.6 is 0 Å². The molecule has 1 N–H and O–H groups in total. The third-order valence-electron chi connectivity index (χ3n) is 3.35. The molecule has 0 spiro atoms. The highest BCUT2D eigenvalue weighted by Crippen LogP contribution is 2.33. The first-order valence-corrected chi connectivity index (χ1v) is 7.36. The molecule has 106 valence electrons. The van der Waals surface area contributed by atoms with E-state index in [1.54, 1.807) is 0 Å². The summed E-state index contributed by atoms with van der Waals surface area (Å²) >= 11 is 0. The van der Waals surface area contributed by atoms with Gasteiger partial charge in [-0.05, 0) is 24.1 Å². The monoisotopic (exact) mass is 263 g/mol. The van der Waals surface area contributed by atoms with E-state index < -0.39 is 0 Å². The highest BCUT2D eigenvalue weighted by Gasteiger charge is 2.17. The summed E-state index contributed by atoms with van der Waals surface area (Å²) in [6, 6.07) is 7.20. The van der Waals surface area contributed by atoms with Crippen molar-refractivity contribution in [2.45, 2.75) is 52.1 Å². The Hall–Kier alpha value is -1.22. The number of hydrogen-bond donors (Lipinski definition) is 1. The predicted molar refractivity (Wildman–Crippen MR) is 78.0 cm³/mol. The smallest absolute Gasteiger partial charge is 0.161 e. The van der Waals surface area contributed by atoms with E-state index in [1.165, 1.54) is 18.4 Å². The van der Waals surface area contributed by atoms with Gasteiger partial charge in [-0.25, -0.2) is 0 Å². The summed E-state index contributed by atoms with van der Waals surface area (Å²) in [7, 11) is 0. The fourth-order valence-corrected chi connectivity index (χ4v) is 2.43. The number of hydrogen-bond acceptors (Lipinski definition) is 3. The molecule has 1 aromatic rings. The second kappa shape index (κ2) is 6.80. The highest BCUT2D eigenvalue weighted by atomic mass is 16.6. The predicted octanol–water partition coefficient (Wildman–Crippen LogP) is 3.69. The summed E-state index contributed by atoms with van der Waals surface area (Å²) in [5.74, 6) is 1.75. The molecule has 3 heteroatoms. The normalized spacial score (nSPS) is 15.6. The van der Waals surface area contributed by atoms with Crippen molar-refractivity contribution in [2.75, 3.05) is 13.2 Å². The van der Waals surface area contributed by atoms with Gasteiger partial charge in [0, 0.05) is 12.1 Å². The van der Waals surface area contributed by atoms with Crippen LogP contribution in [0.5, 0.6) is 11.5 Å². The molecule has 2 rings (SSSR count). The van der Waals surface area contributed by atoms with E-state index in [2.05, 4.69) is 38.2 Å². The molecule has 0 aliphatic carbocycles. The summed E-state index contributed by atoms with van der Waals surface area (Å²) in [6.07, 6.45) is 3.62. The molecule has 0 aromatic heterocycles. The zero-order chi connectivity index (χ0) is 13.7. The van der Waals surface area contributed by atoms with Gasteiger partial charge in [0.1, 0.15) is 13.2 Å². The quantitative estimate of drug-likeness (QED) is 0.849. The number of nitrogens with one attached hydrogen (secondary N) is 1. The molecule has 0 saturated heterocycles. The van der Waals surface area contributed by atoms with E-state index in [9.17, 15) is 0 Å². The van der Waals surface area contributed by atoms with Crippen molar-refractivity contribution in [3.8, 4) is 11.5 Å². The first-order valence-electron chi connectivity index (χ1n) is 7.36. The van der Waals surface area contributed by atoms with Crippen LogP contribution in [0.2, 0.25) is 0 Å². The van der Waals surface area contributed by atoms with Crippen LogP contribution in [0.3, 0.4) is 0 Å². The Labute approximate surface area is 116 Å². The highest BCUT2D eigenvalue weighted by molar-refractivity contribution is 5.44. The van der Waals surface area contributed by atoms with Gasteiger partial charge < -0.3 is 14.8 Å². The lowest BCUT2D eigenvalue weighted by molar-refractivity contribution is 0.171. The summed E-state index contributed by atoms with van der Waals surface area (Å²) in [4.78, 5) is 0. The lowest BCUT2D eigenvalue weighted by Crippen LogP contribution is -2.28. The van der Waals surface area contributed by atoms with E-state index in [4.69, 9.17) is 9.47 Å². The third-order valence-corrected chi connectivity index (χ3v) is 3.35. The molecule has 0 bridgehead atoms. The van der Waals surface area contributed by atoms with Crippen molar-refractivity contribution < 1.29 is 9.47 Å². The topological polar surface area (TPSA) is 30.5 Å². The maximum atomic E-state index is 5.67. The maximum Gasteiger partial charge on any atom is 0.161 e. The van der Waals surface area contributed by atoms with Gasteiger partial charge in [0.05, 0.1) is 0 Å². The van der Waals surface area contributed by atoms with E-state index in [0.717, 1.165) is 17.9 Å². The van der Waals surface area contributed by atoms with Crippen LogP contribution in [0.1, 0.15) is 51.6 Å². The first-order chi connectivity index (χ1) is 9.20. The molecule has 3 nitrogen and oxygen atoms in total. The Kier molecular flexibility index (Phi) is 5.08. The molecule has 19 heavy (non-hydrogen) atoms. The van der Waals surface area contributed by atoms with Gasteiger partial charge in [-0.15, -0.1) is 0 Å². The Bertz CT molecular complexity index is 404. The fourth-order valence-electron chi connectivity index (χ4n) is 2.43.